The van der Waals surface area contributed by atoms with Gasteiger partial charge in [-0.15, -0.1) is 0 Å². The second-order valence-corrected chi connectivity index (χ2v) is 4.81. The molecule has 1 aliphatic rings. The van der Waals surface area contributed by atoms with Gasteiger partial charge in [-0.3, -0.25) is 0 Å². The van der Waals surface area contributed by atoms with E-state index in [1.165, 1.54) is 0 Å². The standard InChI is InChI=1S/C11H13ClFN/c1-10(13)6-11(14,7-10)8-4-2-3-5-9(8)12/h2-5H,6-7,14H2,1H3. The van der Waals surface area contributed by atoms with Crippen LogP contribution < -0.4 is 5.73 Å². The second kappa shape index (κ2) is 2.94. The molecule has 3 heteroatoms. The maximum atomic E-state index is 13.4. The van der Waals surface area contributed by atoms with E-state index < -0.39 is 11.2 Å². The maximum absolute atomic E-state index is 13.4. The molecule has 0 spiro atoms. The molecule has 2 rings (SSSR count). The number of rotatable bonds is 1. The Labute approximate surface area is 88.1 Å². The van der Waals surface area contributed by atoms with Crippen molar-refractivity contribution in [2.45, 2.75) is 31.0 Å². The van der Waals surface area contributed by atoms with Gasteiger partial charge in [0.05, 0.1) is 0 Å². The molecule has 2 N–H and O–H groups in total. The van der Waals surface area contributed by atoms with Crippen LogP contribution >= 0.6 is 11.6 Å². The van der Waals surface area contributed by atoms with Crippen LogP contribution in [0.3, 0.4) is 0 Å². The normalized spacial score (nSPS) is 36.6. The summed E-state index contributed by atoms with van der Waals surface area (Å²) in [5.41, 5.74) is 5.24. The molecule has 1 saturated carbocycles. The Morgan fingerprint density at radius 2 is 1.93 bits per heavy atom. The van der Waals surface area contributed by atoms with Crippen molar-refractivity contribution < 1.29 is 4.39 Å². The van der Waals surface area contributed by atoms with Crippen LogP contribution in [0.4, 0.5) is 4.39 Å². The van der Waals surface area contributed by atoms with Crippen LogP contribution in [0.2, 0.25) is 5.02 Å². The van der Waals surface area contributed by atoms with Gasteiger partial charge in [-0.2, -0.15) is 0 Å². The van der Waals surface area contributed by atoms with Gasteiger partial charge in [0.1, 0.15) is 5.67 Å². The van der Waals surface area contributed by atoms with E-state index in [9.17, 15) is 4.39 Å². The molecule has 1 nitrogen and oxygen atoms in total. The van der Waals surface area contributed by atoms with Gasteiger partial charge in [-0.1, -0.05) is 29.8 Å². The van der Waals surface area contributed by atoms with Crippen molar-refractivity contribution in [2.75, 3.05) is 0 Å². The Morgan fingerprint density at radius 1 is 1.36 bits per heavy atom. The lowest BCUT2D eigenvalue weighted by Gasteiger charge is -2.48. The maximum Gasteiger partial charge on any atom is 0.112 e. The Hall–Kier alpha value is -0.600. The zero-order valence-electron chi connectivity index (χ0n) is 8.06. The zero-order valence-corrected chi connectivity index (χ0v) is 8.81. The van der Waals surface area contributed by atoms with Crippen LogP contribution in [-0.4, -0.2) is 5.67 Å². The second-order valence-electron chi connectivity index (χ2n) is 4.40. The topological polar surface area (TPSA) is 26.0 Å². The molecule has 76 valence electrons. The fourth-order valence-electron chi connectivity index (χ4n) is 2.32. The van der Waals surface area contributed by atoms with Crippen molar-refractivity contribution in [3.05, 3.63) is 34.9 Å². The van der Waals surface area contributed by atoms with Crippen molar-refractivity contribution in [1.29, 1.82) is 0 Å². The first kappa shape index (κ1) is 9.94. The van der Waals surface area contributed by atoms with Crippen LogP contribution in [0.5, 0.6) is 0 Å². The SMILES string of the molecule is CC1(F)CC(N)(c2ccccc2Cl)C1. The molecule has 0 unspecified atom stereocenters. The van der Waals surface area contributed by atoms with Crippen molar-refractivity contribution in [3.63, 3.8) is 0 Å². The summed E-state index contributed by atoms with van der Waals surface area (Å²) in [7, 11) is 0. The van der Waals surface area contributed by atoms with E-state index in [4.69, 9.17) is 17.3 Å². The minimum atomic E-state index is -1.13. The predicted molar refractivity (Wildman–Crippen MR) is 56.1 cm³/mol. The van der Waals surface area contributed by atoms with Gasteiger partial charge in [0, 0.05) is 23.4 Å². The van der Waals surface area contributed by atoms with Gasteiger partial charge < -0.3 is 5.73 Å². The fourth-order valence-corrected chi connectivity index (χ4v) is 2.64. The van der Waals surface area contributed by atoms with Gasteiger partial charge >= 0.3 is 0 Å². The highest BCUT2D eigenvalue weighted by Crippen LogP contribution is 2.50. The molecule has 0 amide bonds. The highest BCUT2D eigenvalue weighted by atomic mass is 35.5. The van der Waals surface area contributed by atoms with Gasteiger partial charge in [-0.25, -0.2) is 4.39 Å². The molecule has 1 fully saturated rings. The zero-order chi connectivity index (χ0) is 10.4. The van der Waals surface area contributed by atoms with Gasteiger partial charge in [0.2, 0.25) is 0 Å². The molecule has 0 heterocycles. The summed E-state index contributed by atoms with van der Waals surface area (Å²) >= 11 is 6.01. The highest BCUT2D eigenvalue weighted by Gasteiger charge is 2.51. The predicted octanol–water partition coefficient (Wildman–Crippen LogP) is 3.02. The summed E-state index contributed by atoms with van der Waals surface area (Å²) in [5, 5.41) is 0.630. The van der Waals surface area contributed by atoms with E-state index in [1.54, 1.807) is 13.0 Å². The Bertz CT molecular complexity index is 354. The third-order valence-corrected chi connectivity index (χ3v) is 3.11. The van der Waals surface area contributed by atoms with Crippen LogP contribution in [0.1, 0.15) is 25.3 Å². The lowest BCUT2D eigenvalue weighted by molar-refractivity contribution is 0.00138. The molecule has 0 radical (unpaired) electrons. The fraction of sp³-hybridized carbons (Fsp3) is 0.455. The molecule has 0 saturated heterocycles. The van der Waals surface area contributed by atoms with Crippen molar-refractivity contribution in [1.82, 2.24) is 0 Å². The first-order valence-corrected chi connectivity index (χ1v) is 5.04. The molecule has 1 aliphatic carbocycles. The molecular weight excluding hydrogens is 201 g/mol. The number of hydrogen-bond donors (Lipinski definition) is 1. The van der Waals surface area contributed by atoms with Crippen molar-refractivity contribution in [2.24, 2.45) is 5.73 Å². The molecule has 14 heavy (non-hydrogen) atoms. The van der Waals surface area contributed by atoms with E-state index in [2.05, 4.69) is 0 Å². The number of alkyl halides is 1. The minimum absolute atomic E-state index is 0.351. The molecular formula is C11H13ClFN. The summed E-state index contributed by atoms with van der Waals surface area (Å²) in [4.78, 5) is 0. The molecule has 0 aromatic heterocycles. The summed E-state index contributed by atoms with van der Waals surface area (Å²) in [6.45, 7) is 1.58. The largest absolute Gasteiger partial charge is 0.321 e. The van der Waals surface area contributed by atoms with Gasteiger partial charge in [-0.05, 0) is 18.6 Å². The number of halogens is 2. The summed E-state index contributed by atoms with van der Waals surface area (Å²) in [6.07, 6.45) is 0.702. The smallest absolute Gasteiger partial charge is 0.112 e. The first-order valence-electron chi connectivity index (χ1n) is 4.66. The van der Waals surface area contributed by atoms with E-state index in [0.29, 0.717) is 17.9 Å². The van der Waals surface area contributed by atoms with E-state index in [-0.39, 0.29) is 0 Å². The van der Waals surface area contributed by atoms with E-state index in [0.717, 1.165) is 5.56 Å². The van der Waals surface area contributed by atoms with Gasteiger partial charge in [0.15, 0.2) is 0 Å². The molecule has 0 bridgehead atoms. The Morgan fingerprint density at radius 3 is 2.43 bits per heavy atom. The van der Waals surface area contributed by atoms with Crippen molar-refractivity contribution in [3.8, 4) is 0 Å². The first-order chi connectivity index (χ1) is 6.43. The lowest BCUT2D eigenvalue weighted by atomic mass is 9.64. The van der Waals surface area contributed by atoms with E-state index in [1.807, 2.05) is 18.2 Å². The quantitative estimate of drug-likeness (QED) is 0.763. The van der Waals surface area contributed by atoms with Gasteiger partial charge in [0.25, 0.3) is 0 Å². The number of hydrogen-bond acceptors (Lipinski definition) is 1. The highest BCUT2D eigenvalue weighted by molar-refractivity contribution is 6.31. The monoisotopic (exact) mass is 213 g/mol. The Balaban J connectivity index is 2.30. The van der Waals surface area contributed by atoms with Crippen LogP contribution in [0, 0.1) is 0 Å². The molecule has 0 atom stereocenters. The third-order valence-electron chi connectivity index (χ3n) is 2.78. The summed E-state index contributed by atoms with van der Waals surface area (Å²) < 4.78 is 13.4. The number of benzene rings is 1. The summed E-state index contributed by atoms with van der Waals surface area (Å²) in [6, 6.07) is 7.39. The average molecular weight is 214 g/mol. The van der Waals surface area contributed by atoms with Crippen LogP contribution in [0.15, 0.2) is 24.3 Å². The van der Waals surface area contributed by atoms with Crippen molar-refractivity contribution >= 4 is 11.6 Å². The third kappa shape index (κ3) is 1.53. The van der Waals surface area contributed by atoms with Crippen LogP contribution in [0.25, 0.3) is 0 Å². The molecule has 0 aliphatic heterocycles. The number of nitrogens with two attached hydrogens (primary N) is 1. The minimum Gasteiger partial charge on any atom is -0.321 e. The molecule has 1 aromatic rings. The van der Waals surface area contributed by atoms with E-state index >= 15 is 0 Å². The lowest BCUT2D eigenvalue weighted by Crippen LogP contribution is -2.56. The van der Waals surface area contributed by atoms with Crippen LogP contribution in [-0.2, 0) is 5.54 Å². The molecule has 1 aromatic carbocycles. The Kier molecular flexibility index (Phi) is 2.09. The average Bonchev–Trinajstić information content (AvgIpc) is 2.00. The summed E-state index contributed by atoms with van der Waals surface area (Å²) in [5.74, 6) is 0.